The Morgan fingerprint density at radius 3 is 1.54 bits per heavy atom. The van der Waals surface area contributed by atoms with Gasteiger partial charge in [-0.2, -0.15) is 18.2 Å². The van der Waals surface area contributed by atoms with Gasteiger partial charge in [-0.15, -0.1) is 28.8 Å². The van der Waals surface area contributed by atoms with Gasteiger partial charge in [-0.05, 0) is 53.4 Å². The van der Waals surface area contributed by atoms with Crippen molar-refractivity contribution in [2.24, 2.45) is 11.8 Å². The first kappa shape index (κ1) is 45.7. The van der Waals surface area contributed by atoms with Gasteiger partial charge >= 0.3 is 79.8 Å². The standard InChI is InChI=1S/C35H37.C9H18.C5H5.2ClH.Zr/c1-22-9-13-24(14-10-22)30-18-26-17-27-19-31(25-15-11-23(2)12-16-25)33(35(6,7)8)21-29(27)28(26)20-32(30)34(3,4)5;1-8(2)6-5-7-9(3)4;1-2-4-5-3-1;;;/h9-16,18,20-21H,17H2,1-8H3;8-9H,6-7H2,1-4H3;1-5H;2*1H;/q-1;;-1;;;+2/p-2. The van der Waals surface area contributed by atoms with Gasteiger partial charge in [0.2, 0.25) is 0 Å². The summed E-state index contributed by atoms with van der Waals surface area (Å²) >= 11 is 1.65. The molecule has 0 nitrogen and oxygen atoms in total. The van der Waals surface area contributed by atoms with Gasteiger partial charge in [-0.1, -0.05) is 130 Å². The zero-order valence-electron chi connectivity index (χ0n) is 33.8. The molecule has 0 saturated heterocycles. The monoisotopic (exact) mass is 808 g/mol. The van der Waals surface area contributed by atoms with E-state index < -0.39 is 0 Å². The van der Waals surface area contributed by atoms with Gasteiger partial charge in [0.05, 0.1) is 0 Å². The fraction of sp³-hybridized carbons (Fsp3) is 0.388. The third-order valence-electron chi connectivity index (χ3n) is 9.24. The molecule has 0 unspecified atom stereocenters. The molecule has 0 spiro atoms. The van der Waals surface area contributed by atoms with E-state index in [9.17, 15) is 0 Å². The molecule has 5 aromatic rings. The van der Waals surface area contributed by atoms with Gasteiger partial charge < -0.3 is 24.8 Å². The van der Waals surface area contributed by atoms with Crippen molar-refractivity contribution < 1.29 is 49.0 Å². The van der Waals surface area contributed by atoms with Crippen LogP contribution >= 0.6 is 0 Å². The van der Waals surface area contributed by atoms with Crippen molar-refractivity contribution in [3.63, 3.8) is 0 Å². The topological polar surface area (TPSA) is 0 Å². The van der Waals surface area contributed by atoms with E-state index in [2.05, 4.69) is 156 Å². The van der Waals surface area contributed by atoms with Crippen molar-refractivity contribution in [1.82, 2.24) is 0 Å². The Balaban J connectivity index is 0.000000462. The zero-order valence-corrected chi connectivity index (χ0v) is 37.7. The molecule has 6 rings (SSSR count). The minimum Gasteiger partial charge on any atom is -1.00 e. The second kappa shape index (κ2) is 19.8. The summed E-state index contributed by atoms with van der Waals surface area (Å²) in [6, 6.07) is 39.2. The van der Waals surface area contributed by atoms with Crippen LogP contribution in [0.2, 0.25) is 0 Å². The molecule has 0 radical (unpaired) electrons. The van der Waals surface area contributed by atoms with Crippen LogP contribution < -0.4 is 24.8 Å². The van der Waals surface area contributed by atoms with E-state index >= 15 is 0 Å². The maximum Gasteiger partial charge on any atom is -0.0126 e. The molecule has 3 heteroatoms. The van der Waals surface area contributed by atoms with E-state index in [1.165, 1.54) is 79.6 Å². The van der Waals surface area contributed by atoms with Crippen LogP contribution in [-0.2, 0) is 41.5 Å². The first-order valence-corrected chi connectivity index (χ1v) is 19.8. The second-order valence-corrected chi connectivity index (χ2v) is 18.9. The van der Waals surface area contributed by atoms with Crippen molar-refractivity contribution in [3.8, 4) is 33.4 Å². The number of aryl methyl sites for hydroxylation is 2. The fourth-order valence-electron chi connectivity index (χ4n) is 6.72. The molecule has 276 valence electrons. The molecule has 1 aliphatic rings. The summed E-state index contributed by atoms with van der Waals surface area (Å²) in [6.45, 7) is 27.4. The summed E-state index contributed by atoms with van der Waals surface area (Å²) in [4.78, 5) is 0. The molecule has 0 heterocycles. The molecular formula is C49H60Cl2Zr-2. The minimum atomic E-state index is 0. The van der Waals surface area contributed by atoms with Crippen LogP contribution in [0, 0.1) is 31.7 Å². The van der Waals surface area contributed by atoms with E-state index in [4.69, 9.17) is 0 Å². The Hall–Kier alpha value is -2.44. The van der Waals surface area contributed by atoms with Gasteiger partial charge in [0.25, 0.3) is 0 Å². The van der Waals surface area contributed by atoms with Crippen LogP contribution in [0.1, 0.15) is 115 Å². The molecule has 0 amide bonds. The molecule has 5 aromatic carbocycles. The van der Waals surface area contributed by atoms with E-state index in [1.54, 1.807) is 27.4 Å². The quantitative estimate of drug-likeness (QED) is 0.151. The van der Waals surface area contributed by atoms with E-state index in [0.29, 0.717) is 0 Å². The van der Waals surface area contributed by atoms with Crippen molar-refractivity contribution in [3.05, 3.63) is 137 Å². The molecule has 0 saturated carbocycles. The van der Waals surface area contributed by atoms with Crippen LogP contribution in [0.5, 0.6) is 0 Å². The van der Waals surface area contributed by atoms with E-state index in [1.807, 2.05) is 30.3 Å². The number of rotatable bonds is 6. The Bertz CT molecular complexity index is 1700. The first-order valence-electron chi connectivity index (χ1n) is 18.6. The fourth-order valence-corrected chi connectivity index (χ4v) is 8.73. The molecule has 52 heavy (non-hydrogen) atoms. The van der Waals surface area contributed by atoms with Crippen LogP contribution in [-0.4, -0.2) is 3.21 Å². The van der Waals surface area contributed by atoms with Gasteiger partial charge in [-0.3, -0.25) is 0 Å². The Morgan fingerprint density at radius 2 is 1.12 bits per heavy atom. The number of benzene rings is 4. The molecule has 0 bridgehead atoms. The predicted molar refractivity (Wildman–Crippen MR) is 217 cm³/mol. The maximum absolute atomic E-state index is 3.91. The molecule has 0 aromatic heterocycles. The number of hydrogen-bond acceptors (Lipinski definition) is 0. The molecule has 0 fully saturated rings. The smallest absolute Gasteiger partial charge is 0.0126 e. The van der Waals surface area contributed by atoms with Crippen LogP contribution in [0.15, 0.2) is 97.1 Å². The predicted octanol–water partition coefficient (Wildman–Crippen LogP) is 7.82. The van der Waals surface area contributed by atoms with Crippen LogP contribution in [0.4, 0.5) is 0 Å². The van der Waals surface area contributed by atoms with Gasteiger partial charge in [0.1, 0.15) is 0 Å². The first-order chi connectivity index (χ1) is 23.4. The largest absolute Gasteiger partial charge is 1.00 e. The zero-order chi connectivity index (χ0) is 36.8. The summed E-state index contributed by atoms with van der Waals surface area (Å²) in [6.07, 6.45) is 3.63. The Labute approximate surface area is 344 Å². The van der Waals surface area contributed by atoms with Gasteiger partial charge in [-0.25, -0.2) is 12.1 Å². The molecule has 0 atom stereocenters. The number of fused-ring (bicyclic) bond motifs is 3. The third kappa shape index (κ3) is 12.6. The van der Waals surface area contributed by atoms with Crippen molar-refractivity contribution in [2.45, 2.75) is 113 Å². The van der Waals surface area contributed by atoms with E-state index in [0.717, 1.165) is 18.3 Å². The third-order valence-corrected chi connectivity index (χ3v) is 10.2. The van der Waals surface area contributed by atoms with Crippen molar-refractivity contribution in [1.29, 1.82) is 0 Å². The van der Waals surface area contributed by atoms with Crippen LogP contribution in [0.3, 0.4) is 0 Å². The maximum atomic E-state index is 3.91. The number of halogens is 2. The number of hydrogen-bond donors (Lipinski definition) is 0. The molecule has 1 aliphatic carbocycles. The van der Waals surface area contributed by atoms with Crippen molar-refractivity contribution in [2.75, 3.05) is 0 Å². The average Bonchev–Trinajstić information content (AvgIpc) is 3.71. The Kier molecular flexibility index (Phi) is 17.4. The molecule has 0 aliphatic heterocycles. The van der Waals surface area contributed by atoms with Crippen LogP contribution in [0.25, 0.3) is 33.4 Å². The SMILES string of the molecule is CC(C)C[C](=[Zr+2])CC(C)C.Cc1ccc(-c2[c-]c3c(cc2C(C)(C)C)-c2cc(C(C)(C)C)c(-c4ccc(C)cc4)cc2C3)cc1.[Cl-].[Cl-].c1cc[cH-]c1. The second-order valence-electron chi connectivity index (χ2n) is 17.2. The van der Waals surface area contributed by atoms with E-state index in [-0.39, 0.29) is 35.6 Å². The summed E-state index contributed by atoms with van der Waals surface area (Å²) in [7, 11) is 0. The average molecular weight is 811 g/mol. The molecule has 0 N–H and O–H groups in total. The summed E-state index contributed by atoms with van der Waals surface area (Å²) < 4.78 is 1.75. The summed E-state index contributed by atoms with van der Waals surface area (Å²) in [5.41, 5.74) is 16.1. The minimum absolute atomic E-state index is 0. The summed E-state index contributed by atoms with van der Waals surface area (Å²) in [5.74, 6) is 1.71. The molecular weight excluding hydrogens is 751 g/mol. The summed E-state index contributed by atoms with van der Waals surface area (Å²) in [5, 5.41) is 0. The van der Waals surface area contributed by atoms with Crippen molar-refractivity contribution >= 4 is 3.21 Å². The normalized spacial score (nSPS) is 11.7. The van der Waals surface area contributed by atoms with Gasteiger partial charge in [0.15, 0.2) is 0 Å². The van der Waals surface area contributed by atoms with Gasteiger partial charge in [0, 0.05) is 0 Å². The Morgan fingerprint density at radius 1 is 0.654 bits per heavy atom.